The third kappa shape index (κ3) is 4.09. The molecule has 0 atom stereocenters. The van der Waals surface area contributed by atoms with Gasteiger partial charge in [-0.25, -0.2) is 8.78 Å². The Balaban J connectivity index is 1.95. The van der Waals surface area contributed by atoms with E-state index in [-0.39, 0.29) is 6.42 Å². The number of hydrogen-bond donors (Lipinski definition) is 1. The van der Waals surface area contributed by atoms with E-state index in [1.54, 1.807) is 0 Å². The van der Waals surface area contributed by atoms with Crippen LogP contribution in [0.15, 0.2) is 22.7 Å². The number of rotatable bonds is 6. The quantitative estimate of drug-likeness (QED) is 0.884. The summed E-state index contributed by atoms with van der Waals surface area (Å²) in [6, 6.07) is 3.45. The molecule has 1 heterocycles. The lowest BCUT2D eigenvalue weighted by molar-refractivity contribution is 0.359. The van der Waals surface area contributed by atoms with Gasteiger partial charge in [0.1, 0.15) is 11.6 Å². The minimum Gasteiger partial charge on any atom is -0.338 e. The second kappa shape index (κ2) is 6.56. The van der Waals surface area contributed by atoms with E-state index in [9.17, 15) is 8.78 Å². The van der Waals surface area contributed by atoms with Gasteiger partial charge in [0.25, 0.3) is 0 Å². The van der Waals surface area contributed by atoms with Crippen LogP contribution in [0, 0.1) is 17.6 Å². The zero-order valence-electron chi connectivity index (χ0n) is 11.5. The van der Waals surface area contributed by atoms with Gasteiger partial charge < -0.3 is 9.84 Å². The topological polar surface area (TPSA) is 51.0 Å². The van der Waals surface area contributed by atoms with Crippen LogP contribution in [0.2, 0.25) is 0 Å². The van der Waals surface area contributed by atoms with Gasteiger partial charge in [-0.2, -0.15) is 4.98 Å². The molecule has 1 aromatic carbocycles. The van der Waals surface area contributed by atoms with Crippen molar-refractivity contribution in [3.05, 3.63) is 47.1 Å². The Morgan fingerprint density at radius 2 is 2.10 bits per heavy atom. The highest BCUT2D eigenvalue weighted by atomic mass is 19.1. The summed E-state index contributed by atoms with van der Waals surface area (Å²) >= 11 is 0. The van der Waals surface area contributed by atoms with Gasteiger partial charge in [0.15, 0.2) is 5.82 Å². The largest absolute Gasteiger partial charge is 0.338 e. The van der Waals surface area contributed by atoms with Crippen molar-refractivity contribution in [2.24, 2.45) is 5.92 Å². The first-order valence-electron chi connectivity index (χ1n) is 6.50. The van der Waals surface area contributed by atoms with Gasteiger partial charge in [-0.15, -0.1) is 0 Å². The molecule has 0 bridgehead atoms. The van der Waals surface area contributed by atoms with Crippen molar-refractivity contribution in [2.75, 3.05) is 6.54 Å². The molecule has 0 radical (unpaired) electrons. The predicted octanol–water partition coefficient (Wildman–Crippen LogP) is 2.68. The highest BCUT2D eigenvalue weighted by Crippen LogP contribution is 2.13. The number of nitrogens with zero attached hydrogens (tertiary/aromatic N) is 2. The van der Waals surface area contributed by atoms with E-state index in [0.717, 1.165) is 12.6 Å². The monoisotopic (exact) mass is 281 g/mol. The number of benzene rings is 1. The fourth-order valence-corrected chi connectivity index (χ4v) is 1.74. The summed E-state index contributed by atoms with van der Waals surface area (Å²) in [4.78, 5) is 4.17. The van der Waals surface area contributed by atoms with Crippen LogP contribution in [0.4, 0.5) is 8.78 Å². The molecule has 2 aromatic rings. The van der Waals surface area contributed by atoms with Crippen LogP contribution >= 0.6 is 0 Å². The molecule has 0 saturated heterocycles. The van der Waals surface area contributed by atoms with Gasteiger partial charge in [0.2, 0.25) is 5.89 Å². The maximum atomic E-state index is 13.5. The van der Waals surface area contributed by atoms with Crippen LogP contribution in [-0.2, 0) is 13.0 Å². The molecule has 108 valence electrons. The van der Waals surface area contributed by atoms with Crippen molar-refractivity contribution >= 4 is 0 Å². The number of halogens is 2. The second-order valence-corrected chi connectivity index (χ2v) is 5.04. The third-order valence-corrected chi connectivity index (χ3v) is 2.70. The van der Waals surface area contributed by atoms with E-state index >= 15 is 0 Å². The molecule has 1 N–H and O–H groups in total. The van der Waals surface area contributed by atoms with E-state index in [1.165, 1.54) is 12.1 Å². The molecule has 0 spiro atoms. The Morgan fingerprint density at radius 3 is 2.80 bits per heavy atom. The highest BCUT2D eigenvalue weighted by Gasteiger charge is 2.10. The van der Waals surface area contributed by atoms with Gasteiger partial charge in [-0.1, -0.05) is 25.1 Å². The third-order valence-electron chi connectivity index (χ3n) is 2.70. The van der Waals surface area contributed by atoms with Gasteiger partial charge in [-0.3, -0.25) is 0 Å². The fraction of sp³-hybridized carbons (Fsp3) is 0.429. The van der Waals surface area contributed by atoms with Crippen molar-refractivity contribution in [3.63, 3.8) is 0 Å². The average Bonchev–Trinajstić information content (AvgIpc) is 2.80. The lowest BCUT2D eigenvalue weighted by Gasteiger charge is -2.03. The lowest BCUT2D eigenvalue weighted by atomic mass is 10.1. The number of hydrogen-bond acceptors (Lipinski definition) is 4. The zero-order chi connectivity index (χ0) is 14.5. The number of aromatic nitrogens is 2. The molecule has 0 amide bonds. The first-order valence-corrected chi connectivity index (χ1v) is 6.50. The summed E-state index contributed by atoms with van der Waals surface area (Å²) in [6.07, 6.45) is 0.180. The van der Waals surface area contributed by atoms with Crippen molar-refractivity contribution in [1.82, 2.24) is 15.5 Å². The molecule has 0 fully saturated rings. The van der Waals surface area contributed by atoms with Crippen LogP contribution in [0.1, 0.15) is 31.1 Å². The zero-order valence-corrected chi connectivity index (χ0v) is 11.5. The van der Waals surface area contributed by atoms with Crippen LogP contribution in [-0.4, -0.2) is 16.7 Å². The fourth-order valence-electron chi connectivity index (χ4n) is 1.74. The predicted molar refractivity (Wildman–Crippen MR) is 70.0 cm³/mol. The molecule has 4 nitrogen and oxygen atoms in total. The van der Waals surface area contributed by atoms with Crippen molar-refractivity contribution in [3.8, 4) is 0 Å². The Morgan fingerprint density at radius 1 is 1.30 bits per heavy atom. The molecule has 0 aliphatic carbocycles. The van der Waals surface area contributed by atoms with Crippen molar-refractivity contribution in [2.45, 2.75) is 26.8 Å². The Hall–Kier alpha value is -1.82. The summed E-state index contributed by atoms with van der Waals surface area (Å²) in [5, 5.41) is 6.96. The molecule has 2 rings (SSSR count). The smallest absolute Gasteiger partial charge is 0.240 e. The summed E-state index contributed by atoms with van der Waals surface area (Å²) in [6.45, 7) is 5.54. The molecule has 6 heteroatoms. The standard InChI is InChI=1S/C14H17F2N3O/c1-9(2)7-17-8-14-18-13(19-20-14)5-10-3-4-11(15)6-12(10)16/h3-4,6,9,17H,5,7-8H2,1-2H3. The minimum atomic E-state index is -0.603. The van der Waals surface area contributed by atoms with E-state index in [0.29, 0.717) is 29.7 Å². The van der Waals surface area contributed by atoms with Gasteiger partial charge in [-0.05, 0) is 24.1 Å². The molecule has 0 aliphatic heterocycles. The first-order chi connectivity index (χ1) is 9.54. The highest BCUT2D eigenvalue weighted by molar-refractivity contribution is 5.21. The van der Waals surface area contributed by atoms with E-state index in [1.807, 2.05) is 0 Å². The summed E-state index contributed by atoms with van der Waals surface area (Å²) in [5.41, 5.74) is 0.342. The first kappa shape index (κ1) is 14.6. The normalized spacial score (nSPS) is 11.2. The molecule has 1 aromatic heterocycles. The van der Waals surface area contributed by atoms with E-state index in [2.05, 4.69) is 29.3 Å². The van der Waals surface area contributed by atoms with Crippen molar-refractivity contribution < 1.29 is 13.3 Å². The second-order valence-electron chi connectivity index (χ2n) is 5.04. The molecule has 20 heavy (non-hydrogen) atoms. The molecular weight excluding hydrogens is 264 g/mol. The van der Waals surface area contributed by atoms with Gasteiger partial charge in [0.05, 0.1) is 6.54 Å². The van der Waals surface area contributed by atoms with Crippen LogP contribution in [0.5, 0.6) is 0 Å². The van der Waals surface area contributed by atoms with Crippen molar-refractivity contribution in [1.29, 1.82) is 0 Å². The molecule has 0 aliphatic rings. The summed E-state index contributed by atoms with van der Waals surface area (Å²) < 4.78 is 31.4. The summed E-state index contributed by atoms with van der Waals surface area (Å²) in [5.74, 6) is 0.179. The Labute approximate surface area is 116 Å². The van der Waals surface area contributed by atoms with E-state index < -0.39 is 11.6 Å². The lowest BCUT2D eigenvalue weighted by Crippen LogP contribution is -2.19. The summed E-state index contributed by atoms with van der Waals surface area (Å²) in [7, 11) is 0. The number of nitrogens with one attached hydrogen (secondary N) is 1. The van der Waals surface area contributed by atoms with Gasteiger partial charge in [0, 0.05) is 12.5 Å². The Bertz CT molecular complexity index is 569. The Kier molecular flexibility index (Phi) is 4.79. The molecule has 0 saturated carbocycles. The van der Waals surface area contributed by atoms with Crippen LogP contribution in [0.25, 0.3) is 0 Å². The van der Waals surface area contributed by atoms with Gasteiger partial charge >= 0.3 is 0 Å². The molecule has 0 unspecified atom stereocenters. The SMILES string of the molecule is CC(C)CNCc1nc(Cc2ccc(F)cc2F)no1. The van der Waals surface area contributed by atoms with Crippen LogP contribution in [0.3, 0.4) is 0 Å². The van der Waals surface area contributed by atoms with Crippen LogP contribution < -0.4 is 5.32 Å². The average molecular weight is 281 g/mol. The maximum Gasteiger partial charge on any atom is 0.240 e. The molecular formula is C14H17F2N3O. The maximum absolute atomic E-state index is 13.5. The minimum absolute atomic E-state index is 0.180. The van der Waals surface area contributed by atoms with E-state index in [4.69, 9.17) is 4.52 Å².